The van der Waals surface area contributed by atoms with Crippen molar-refractivity contribution < 1.29 is 48.0 Å². The second-order valence-electron chi connectivity index (χ2n) is 13.9. The number of benzene rings is 2. The molecule has 0 N–H and O–H groups in total. The van der Waals surface area contributed by atoms with Crippen molar-refractivity contribution in [3.05, 3.63) is 157 Å². The Morgan fingerprint density at radius 2 is 0.977 bits per heavy atom. The average Bonchev–Trinajstić information content (AvgIpc) is 3.47. The maximum absolute atomic E-state index is 2.77. The van der Waals surface area contributed by atoms with Gasteiger partial charge >= 0.3 is 265 Å². The Bertz CT molecular complexity index is 1570. The molecule has 9 rings (SSSR count). The van der Waals surface area contributed by atoms with Gasteiger partial charge in [0.05, 0.1) is 0 Å². The maximum atomic E-state index is 2.77. The van der Waals surface area contributed by atoms with Gasteiger partial charge in [-0.15, -0.1) is 0 Å². The Hall–Kier alpha value is -1.96. The number of allylic oxidation sites excluding steroid dienone is 16. The summed E-state index contributed by atoms with van der Waals surface area (Å²) in [7, 11) is -2.50. The summed E-state index contributed by atoms with van der Waals surface area (Å²) < 4.78 is 0.557. The minimum absolute atomic E-state index is 0. The van der Waals surface area contributed by atoms with E-state index in [1.54, 1.807) is 10.4 Å². The molecule has 0 aromatic heterocycles. The summed E-state index contributed by atoms with van der Waals surface area (Å²) in [5, 5.41) is 3.32. The first-order chi connectivity index (χ1) is 20.6. The Morgan fingerprint density at radius 1 is 0.545 bits per heavy atom. The molecule has 0 spiro atoms. The molecule has 4 bridgehead atoms. The van der Waals surface area contributed by atoms with Crippen molar-refractivity contribution in [1.82, 2.24) is 0 Å². The number of rotatable bonds is 2. The fraction of sp³-hybridized carbons (Fsp3) is 0.300. The fourth-order valence-electron chi connectivity index (χ4n) is 11.2. The minimum atomic E-state index is -2.50. The van der Waals surface area contributed by atoms with Crippen LogP contribution in [-0.2, 0) is 23.2 Å². The quantitative estimate of drug-likeness (QED) is 0.421. The van der Waals surface area contributed by atoms with Gasteiger partial charge in [0, 0.05) is 0 Å². The molecular weight excluding hydrogens is 671 g/mol. The van der Waals surface area contributed by atoms with Crippen LogP contribution in [0.1, 0.15) is 13.8 Å². The third-order valence-corrected chi connectivity index (χ3v) is 24.7. The topological polar surface area (TPSA) is 0 Å². The SMILES string of the molecule is CC1=CC2C(C=C1)[C]13C=CC=CC1C2[Si](c1ccccc1)(c1ccccc1)C1C2C=C(C)C=CC2[C]2(C=CC=CC12)[Zr+2]3.[Cl-].[Cl-]. The molecule has 0 amide bonds. The van der Waals surface area contributed by atoms with Crippen LogP contribution in [0.25, 0.3) is 0 Å². The van der Waals surface area contributed by atoms with Crippen molar-refractivity contribution in [2.45, 2.75) is 31.2 Å². The van der Waals surface area contributed by atoms with Gasteiger partial charge in [-0.05, 0) is 0 Å². The van der Waals surface area contributed by atoms with Crippen LogP contribution in [0.3, 0.4) is 0 Å². The number of hydrogen-bond donors (Lipinski definition) is 0. The normalized spacial score (nSPS) is 40.2. The third kappa shape index (κ3) is 3.84. The molecule has 1 saturated heterocycles. The summed E-state index contributed by atoms with van der Waals surface area (Å²) in [6.45, 7) is 4.70. The van der Waals surface area contributed by atoms with Crippen LogP contribution in [0.15, 0.2) is 157 Å². The molecular formula is C40H38Cl2SiZr. The van der Waals surface area contributed by atoms with Crippen molar-refractivity contribution in [2.75, 3.05) is 0 Å². The van der Waals surface area contributed by atoms with E-state index in [0.717, 1.165) is 0 Å². The zero-order valence-corrected chi connectivity index (χ0v) is 30.2. The van der Waals surface area contributed by atoms with Crippen LogP contribution >= 0.6 is 0 Å². The Morgan fingerprint density at radius 3 is 1.41 bits per heavy atom. The maximum Gasteiger partial charge on any atom is -1.00 e. The summed E-state index contributed by atoms with van der Waals surface area (Å²) in [5.74, 6) is 3.54. The second kappa shape index (κ2) is 11.1. The zero-order chi connectivity index (χ0) is 28.1. The van der Waals surface area contributed by atoms with Crippen molar-refractivity contribution >= 4 is 18.4 Å². The second-order valence-corrected chi connectivity index (χ2v) is 23.0. The van der Waals surface area contributed by atoms with E-state index in [2.05, 4.69) is 160 Å². The summed E-state index contributed by atoms with van der Waals surface area (Å²) in [6.07, 6.45) is 36.5. The first-order valence-electron chi connectivity index (χ1n) is 16.0. The molecule has 10 unspecified atom stereocenters. The molecule has 6 aliphatic carbocycles. The summed E-state index contributed by atoms with van der Waals surface area (Å²) in [4.78, 5) is 0. The van der Waals surface area contributed by atoms with Crippen LogP contribution in [0.5, 0.6) is 0 Å². The Labute approximate surface area is 288 Å². The van der Waals surface area contributed by atoms with E-state index >= 15 is 0 Å². The molecule has 1 heterocycles. The molecule has 3 fully saturated rings. The predicted molar refractivity (Wildman–Crippen MR) is 174 cm³/mol. The van der Waals surface area contributed by atoms with E-state index in [4.69, 9.17) is 0 Å². The average molecular weight is 709 g/mol. The first kappa shape index (κ1) is 30.7. The zero-order valence-electron chi connectivity index (χ0n) is 25.2. The molecule has 44 heavy (non-hydrogen) atoms. The van der Waals surface area contributed by atoms with Gasteiger partial charge in [0.1, 0.15) is 0 Å². The molecule has 4 heteroatoms. The van der Waals surface area contributed by atoms with Crippen LogP contribution in [0.2, 0.25) is 17.3 Å². The van der Waals surface area contributed by atoms with E-state index < -0.39 is 31.3 Å². The van der Waals surface area contributed by atoms with Crippen LogP contribution in [-0.4, -0.2) is 8.07 Å². The Balaban J connectivity index is 0.00000156. The molecule has 2 aromatic rings. The molecule has 0 nitrogen and oxygen atoms in total. The van der Waals surface area contributed by atoms with Gasteiger partial charge in [-0.3, -0.25) is 0 Å². The van der Waals surface area contributed by atoms with Crippen LogP contribution in [0, 0.1) is 35.5 Å². The van der Waals surface area contributed by atoms with Crippen LogP contribution < -0.4 is 35.2 Å². The van der Waals surface area contributed by atoms with Crippen molar-refractivity contribution in [3.8, 4) is 0 Å². The van der Waals surface area contributed by atoms with Gasteiger partial charge in [-0.25, -0.2) is 0 Å². The number of halogens is 2. The molecule has 7 aliphatic rings. The monoisotopic (exact) mass is 706 g/mol. The number of fused-ring (bicyclic) bond motifs is 4. The van der Waals surface area contributed by atoms with E-state index in [1.165, 1.54) is 11.1 Å². The molecule has 2 aromatic carbocycles. The van der Waals surface area contributed by atoms with E-state index in [1.807, 2.05) is 0 Å². The van der Waals surface area contributed by atoms with Gasteiger partial charge in [0.2, 0.25) is 0 Å². The van der Waals surface area contributed by atoms with Gasteiger partial charge in [-0.2, -0.15) is 0 Å². The molecule has 220 valence electrons. The standard InChI is InChI=1S/C40H38Si.2ClH.Zr/c1-27-21-23-33-31-17-9-11-19-35(31)39(37(33)25-27)41(29-13-5-3-6-14-29,30-15-7-4-8-16-30)40-36-20-12-10-18-32(36)34-24-22-28(2)26-38(34)40;;;/h3-26,33-40H,1-2H3;2*1H;/q;;;+2/p-2. The van der Waals surface area contributed by atoms with Gasteiger partial charge < -0.3 is 24.8 Å². The first-order valence-corrected chi connectivity index (χ1v) is 20.6. The Kier molecular flexibility index (Phi) is 7.73. The van der Waals surface area contributed by atoms with E-state index in [-0.39, 0.29) is 31.1 Å². The van der Waals surface area contributed by atoms with Crippen molar-refractivity contribution in [2.24, 2.45) is 35.5 Å². The molecule has 1 aliphatic heterocycles. The van der Waals surface area contributed by atoms with Crippen molar-refractivity contribution in [1.29, 1.82) is 0 Å². The minimum Gasteiger partial charge on any atom is -1.00 e. The van der Waals surface area contributed by atoms with Gasteiger partial charge in [0.25, 0.3) is 0 Å². The smallest absolute Gasteiger partial charge is 1.00 e. The molecule has 2 saturated carbocycles. The van der Waals surface area contributed by atoms with Crippen molar-refractivity contribution in [3.63, 3.8) is 0 Å². The summed E-state index contributed by atoms with van der Waals surface area (Å²) >= 11 is -1.08. The van der Waals surface area contributed by atoms with E-state index in [0.29, 0.717) is 46.6 Å². The third-order valence-electron chi connectivity index (χ3n) is 12.3. The molecule has 10 atom stereocenters. The summed E-state index contributed by atoms with van der Waals surface area (Å²) in [6, 6.07) is 24.1. The fourth-order valence-corrected chi connectivity index (χ4v) is 26.7. The van der Waals surface area contributed by atoms with Crippen LogP contribution in [0.4, 0.5) is 0 Å². The largest absolute Gasteiger partial charge is 1.00 e. The van der Waals surface area contributed by atoms with Gasteiger partial charge in [0.15, 0.2) is 0 Å². The van der Waals surface area contributed by atoms with Gasteiger partial charge in [-0.1, -0.05) is 0 Å². The predicted octanol–water partition coefficient (Wildman–Crippen LogP) is 2.42. The number of hydrogen-bond acceptors (Lipinski definition) is 0. The molecule has 0 radical (unpaired) electrons. The van der Waals surface area contributed by atoms with E-state index in [9.17, 15) is 0 Å². The summed E-state index contributed by atoms with van der Waals surface area (Å²) in [5.41, 5.74) is 4.17.